The van der Waals surface area contributed by atoms with Gasteiger partial charge in [-0.05, 0) is 26.3 Å². The first-order chi connectivity index (χ1) is 8.97. The highest BCUT2D eigenvalue weighted by atomic mass is 19.1. The quantitative estimate of drug-likeness (QED) is 0.821. The van der Waals surface area contributed by atoms with Crippen LogP contribution < -0.4 is 10.2 Å². The molecule has 0 aliphatic heterocycles. The first kappa shape index (κ1) is 15.9. The molecule has 4 heteroatoms. The van der Waals surface area contributed by atoms with Crippen LogP contribution in [0.3, 0.4) is 0 Å². The maximum atomic E-state index is 14.5. The molecule has 0 atom stereocenters. The Morgan fingerprint density at radius 3 is 2.53 bits per heavy atom. The summed E-state index contributed by atoms with van der Waals surface area (Å²) >= 11 is 0. The lowest BCUT2D eigenvalue weighted by Gasteiger charge is -2.28. The first-order valence-electron chi connectivity index (χ1n) is 7.10. The maximum absolute atomic E-state index is 14.5. The Hall–Kier alpha value is -1.16. The third-order valence-electron chi connectivity index (χ3n) is 3.01. The zero-order valence-corrected chi connectivity index (χ0v) is 12.7. The van der Waals surface area contributed by atoms with Crippen molar-refractivity contribution in [3.8, 4) is 0 Å². The van der Waals surface area contributed by atoms with Crippen molar-refractivity contribution in [1.82, 2.24) is 10.3 Å². The summed E-state index contributed by atoms with van der Waals surface area (Å²) in [7, 11) is 0. The predicted molar refractivity (Wildman–Crippen MR) is 78.9 cm³/mol. The highest BCUT2D eigenvalue weighted by Gasteiger charge is 2.18. The summed E-state index contributed by atoms with van der Waals surface area (Å²) in [4.78, 5) is 6.25. The minimum absolute atomic E-state index is 0.196. The van der Waals surface area contributed by atoms with Gasteiger partial charge in [-0.15, -0.1) is 0 Å². The van der Waals surface area contributed by atoms with E-state index in [1.807, 2.05) is 4.90 Å². The van der Waals surface area contributed by atoms with Crippen LogP contribution in [0.1, 0.15) is 46.6 Å². The number of halogens is 1. The van der Waals surface area contributed by atoms with Gasteiger partial charge in [-0.3, -0.25) is 0 Å². The number of nitrogens with one attached hydrogen (secondary N) is 1. The molecule has 0 aliphatic carbocycles. The Morgan fingerprint density at radius 1 is 1.32 bits per heavy atom. The summed E-state index contributed by atoms with van der Waals surface area (Å²) in [6.45, 7) is 11.7. The summed E-state index contributed by atoms with van der Waals surface area (Å²) in [5.74, 6) is 0.276. The van der Waals surface area contributed by atoms with Crippen molar-refractivity contribution >= 4 is 5.82 Å². The number of aromatic nitrogens is 1. The van der Waals surface area contributed by atoms with Crippen LogP contribution in [0, 0.1) is 5.82 Å². The van der Waals surface area contributed by atoms with Gasteiger partial charge in [0.1, 0.15) is 0 Å². The summed E-state index contributed by atoms with van der Waals surface area (Å²) in [6.07, 6.45) is 2.68. The van der Waals surface area contributed by atoms with E-state index >= 15 is 0 Å². The van der Waals surface area contributed by atoms with Gasteiger partial charge in [-0.2, -0.15) is 0 Å². The molecule has 0 spiro atoms. The van der Waals surface area contributed by atoms with E-state index in [1.54, 1.807) is 12.3 Å². The number of hydrogen-bond acceptors (Lipinski definition) is 3. The van der Waals surface area contributed by atoms with Gasteiger partial charge in [-0.1, -0.05) is 20.8 Å². The topological polar surface area (TPSA) is 28.2 Å². The normalized spacial score (nSPS) is 11.4. The van der Waals surface area contributed by atoms with Crippen molar-refractivity contribution < 1.29 is 4.39 Å². The van der Waals surface area contributed by atoms with Crippen LogP contribution in [0.15, 0.2) is 12.3 Å². The average Bonchev–Trinajstić information content (AvgIpc) is 2.35. The first-order valence-corrected chi connectivity index (χ1v) is 7.10. The molecule has 0 aliphatic rings. The lowest BCUT2D eigenvalue weighted by atomic mass is 10.2. The second-order valence-electron chi connectivity index (χ2n) is 5.43. The summed E-state index contributed by atoms with van der Waals surface area (Å²) < 4.78 is 14.5. The van der Waals surface area contributed by atoms with E-state index < -0.39 is 0 Å². The third-order valence-corrected chi connectivity index (χ3v) is 3.01. The Morgan fingerprint density at radius 2 is 2.00 bits per heavy atom. The highest BCUT2D eigenvalue weighted by molar-refractivity contribution is 5.43. The molecule has 1 aromatic rings. The minimum Gasteiger partial charge on any atom is -0.352 e. The molecular formula is C15H26FN3. The van der Waals surface area contributed by atoms with Gasteiger partial charge >= 0.3 is 0 Å². The number of nitrogens with zero attached hydrogens (tertiary/aromatic N) is 2. The predicted octanol–water partition coefficient (Wildman–Crippen LogP) is 3.34. The smallest absolute Gasteiger partial charge is 0.170 e. The van der Waals surface area contributed by atoms with Gasteiger partial charge in [0.2, 0.25) is 0 Å². The molecule has 1 heterocycles. The van der Waals surface area contributed by atoms with Crippen molar-refractivity contribution in [3.05, 3.63) is 23.6 Å². The lowest BCUT2D eigenvalue weighted by Crippen LogP contribution is -2.33. The van der Waals surface area contributed by atoms with Gasteiger partial charge in [0.25, 0.3) is 0 Å². The molecule has 0 amide bonds. The summed E-state index contributed by atoms with van der Waals surface area (Å²) in [5, 5.41) is 3.24. The van der Waals surface area contributed by atoms with Crippen molar-refractivity contribution in [2.24, 2.45) is 0 Å². The van der Waals surface area contributed by atoms with E-state index in [0.717, 1.165) is 13.0 Å². The van der Waals surface area contributed by atoms with Crippen molar-refractivity contribution in [1.29, 1.82) is 0 Å². The maximum Gasteiger partial charge on any atom is 0.170 e. The molecule has 0 fully saturated rings. The molecule has 0 saturated carbocycles. The molecule has 1 rings (SSSR count). The van der Waals surface area contributed by atoms with E-state index in [0.29, 0.717) is 24.0 Å². The summed E-state index contributed by atoms with van der Waals surface area (Å²) in [5.41, 5.74) is 0.681. The molecule has 1 aromatic heterocycles. The molecule has 0 radical (unpaired) electrons. The standard InChI is InChI=1S/C15H26FN3/c1-6-9-19(12(4)5)15-14(16)13(7-8-17-15)10-18-11(2)3/h7-8,11-12,18H,6,9-10H2,1-5H3. The number of pyridine rings is 1. The molecule has 0 bridgehead atoms. The second kappa shape index (κ2) is 7.43. The fourth-order valence-corrected chi connectivity index (χ4v) is 1.97. The van der Waals surface area contributed by atoms with Crippen LogP contribution in [-0.2, 0) is 6.54 Å². The number of anilines is 1. The SMILES string of the molecule is CCCN(c1nccc(CNC(C)C)c1F)C(C)C. The van der Waals surface area contributed by atoms with Crippen LogP contribution in [0.5, 0.6) is 0 Å². The van der Waals surface area contributed by atoms with E-state index in [1.165, 1.54) is 0 Å². The zero-order chi connectivity index (χ0) is 14.4. The van der Waals surface area contributed by atoms with Crippen LogP contribution in [0.4, 0.5) is 10.2 Å². The largest absolute Gasteiger partial charge is 0.352 e. The molecule has 1 N–H and O–H groups in total. The summed E-state index contributed by atoms with van der Waals surface area (Å²) in [6, 6.07) is 2.33. The zero-order valence-electron chi connectivity index (χ0n) is 12.7. The molecular weight excluding hydrogens is 241 g/mol. The Kier molecular flexibility index (Phi) is 6.22. The van der Waals surface area contributed by atoms with E-state index in [4.69, 9.17) is 0 Å². The fourth-order valence-electron chi connectivity index (χ4n) is 1.97. The second-order valence-corrected chi connectivity index (χ2v) is 5.43. The van der Waals surface area contributed by atoms with Crippen molar-refractivity contribution in [3.63, 3.8) is 0 Å². The Bertz CT molecular complexity index is 391. The van der Waals surface area contributed by atoms with E-state index in [9.17, 15) is 4.39 Å². The van der Waals surface area contributed by atoms with Crippen molar-refractivity contribution in [2.75, 3.05) is 11.4 Å². The Balaban J connectivity index is 2.97. The fraction of sp³-hybridized carbons (Fsp3) is 0.667. The number of hydrogen-bond donors (Lipinski definition) is 1. The van der Waals surface area contributed by atoms with Crippen LogP contribution in [0.25, 0.3) is 0 Å². The molecule has 0 aromatic carbocycles. The van der Waals surface area contributed by atoms with Gasteiger partial charge in [0.05, 0.1) is 0 Å². The molecule has 108 valence electrons. The molecule has 19 heavy (non-hydrogen) atoms. The monoisotopic (exact) mass is 267 g/mol. The molecule has 0 saturated heterocycles. The Labute approximate surface area is 116 Å². The van der Waals surface area contributed by atoms with Gasteiger partial charge < -0.3 is 10.2 Å². The van der Waals surface area contributed by atoms with Gasteiger partial charge in [0.15, 0.2) is 11.6 Å². The molecule has 3 nitrogen and oxygen atoms in total. The van der Waals surface area contributed by atoms with E-state index in [-0.39, 0.29) is 11.9 Å². The van der Waals surface area contributed by atoms with Gasteiger partial charge in [0, 0.05) is 36.9 Å². The average molecular weight is 267 g/mol. The van der Waals surface area contributed by atoms with E-state index in [2.05, 4.69) is 44.9 Å². The van der Waals surface area contributed by atoms with Crippen LogP contribution in [0.2, 0.25) is 0 Å². The third kappa shape index (κ3) is 4.46. The van der Waals surface area contributed by atoms with Gasteiger partial charge in [-0.25, -0.2) is 9.37 Å². The highest BCUT2D eigenvalue weighted by Crippen LogP contribution is 2.21. The van der Waals surface area contributed by atoms with Crippen LogP contribution in [-0.4, -0.2) is 23.6 Å². The molecule has 0 unspecified atom stereocenters. The van der Waals surface area contributed by atoms with Crippen LogP contribution >= 0.6 is 0 Å². The lowest BCUT2D eigenvalue weighted by molar-refractivity contribution is 0.540. The minimum atomic E-state index is -0.196. The van der Waals surface area contributed by atoms with Crippen molar-refractivity contribution in [2.45, 2.75) is 59.7 Å². The number of rotatable bonds is 7.